The third kappa shape index (κ3) is 4.93. The van der Waals surface area contributed by atoms with Crippen LogP contribution in [-0.2, 0) is 11.2 Å². The number of aryl methyl sites for hydroxylation is 1. The number of benzene rings is 1. The maximum absolute atomic E-state index is 12.6. The fourth-order valence-electron chi connectivity index (χ4n) is 1.45. The van der Waals surface area contributed by atoms with Gasteiger partial charge in [-0.1, -0.05) is 30.3 Å². The number of carbonyl (C=O) groups is 1. The monoisotopic (exact) mass is 241 g/mol. The summed E-state index contributed by atoms with van der Waals surface area (Å²) in [6, 6.07) is 9.48. The van der Waals surface area contributed by atoms with Gasteiger partial charge in [0.2, 0.25) is 0 Å². The molecule has 0 unspecified atom stereocenters. The molecule has 1 amide bonds. The molecule has 1 atom stereocenters. The molecule has 2 nitrogen and oxygen atoms in total. The largest absolute Gasteiger partial charge is 0.348 e. The second kappa shape index (κ2) is 5.75. The van der Waals surface area contributed by atoms with Crippen molar-refractivity contribution in [3.63, 3.8) is 0 Å². The zero-order valence-electron chi connectivity index (χ0n) is 10.0. The summed E-state index contributed by atoms with van der Waals surface area (Å²) in [7, 11) is 0. The zero-order valence-corrected chi connectivity index (χ0v) is 10.0. The molecule has 0 spiro atoms. The minimum atomic E-state index is -3.30. The number of amides is 1. The maximum atomic E-state index is 12.6. The molecule has 0 aliphatic rings. The quantitative estimate of drug-likeness (QED) is 0.843. The number of alkyl halides is 2. The van der Waals surface area contributed by atoms with Crippen LogP contribution < -0.4 is 5.32 Å². The third-order valence-electron chi connectivity index (χ3n) is 2.49. The normalized spacial score (nSPS) is 13.2. The molecule has 94 valence electrons. The Kier molecular flexibility index (Phi) is 4.61. The number of hydrogen-bond acceptors (Lipinski definition) is 1. The van der Waals surface area contributed by atoms with Crippen LogP contribution in [0.1, 0.15) is 25.8 Å². The number of rotatable bonds is 5. The van der Waals surface area contributed by atoms with Crippen molar-refractivity contribution in [3.05, 3.63) is 35.9 Å². The van der Waals surface area contributed by atoms with E-state index in [1.807, 2.05) is 30.3 Å². The van der Waals surface area contributed by atoms with Crippen molar-refractivity contribution in [1.29, 1.82) is 0 Å². The molecule has 1 aromatic rings. The Balaban J connectivity index is 2.36. The highest BCUT2D eigenvalue weighted by Gasteiger charge is 2.32. The van der Waals surface area contributed by atoms with E-state index in [9.17, 15) is 13.6 Å². The lowest BCUT2D eigenvalue weighted by molar-refractivity contribution is -0.143. The van der Waals surface area contributed by atoms with Gasteiger partial charge in [0, 0.05) is 13.0 Å². The standard InChI is InChI=1S/C13H17F2NO/c1-10(16-12(17)13(2,14)15)8-9-11-6-4-3-5-7-11/h3-7,10H,8-9H2,1-2H3,(H,16,17)/t10-/m0/s1. The molecular weight excluding hydrogens is 224 g/mol. The van der Waals surface area contributed by atoms with Gasteiger partial charge in [0.25, 0.3) is 5.91 Å². The van der Waals surface area contributed by atoms with Crippen molar-refractivity contribution in [2.45, 2.75) is 38.7 Å². The molecule has 4 heteroatoms. The first-order chi connectivity index (χ1) is 7.89. The lowest BCUT2D eigenvalue weighted by atomic mass is 10.1. The van der Waals surface area contributed by atoms with Crippen LogP contribution in [0.3, 0.4) is 0 Å². The van der Waals surface area contributed by atoms with Gasteiger partial charge in [-0.3, -0.25) is 4.79 Å². The van der Waals surface area contributed by atoms with Crippen LogP contribution in [-0.4, -0.2) is 17.9 Å². The van der Waals surface area contributed by atoms with Gasteiger partial charge in [-0.05, 0) is 25.3 Å². The molecular formula is C13H17F2NO. The Morgan fingerprint density at radius 3 is 2.47 bits per heavy atom. The van der Waals surface area contributed by atoms with Crippen LogP contribution in [0.25, 0.3) is 0 Å². The van der Waals surface area contributed by atoms with E-state index < -0.39 is 11.8 Å². The summed E-state index contributed by atoms with van der Waals surface area (Å²) < 4.78 is 25.3. The van der Waals surface area contributed by atoms with Gasteiger partial charge in [-0.25, -0.2) is 0 Å². The summed E-state index contributed by atoms with van der Waals surface area (Å²) in [5, 5.41) is 2.30. The summed E-state index contributed by atoms with van der Waals surface area (Å²) >= 11 is 0. The predicted molar refractivity (Wildman–Crippen MR) is 63.0 cm³/mol. The highest BCUT2D eigenvalue weighted by Crippen LogP contribution is 2.12. The fourth-order valence-corrected chi connectivity index (χ4v) is 1.45. The average molecular weight is 241 g/mol. The SMILES string of the molecule is C[C@@H](CCc1ccccc1)NC(=O)C(C)(F)F. The Labute approximate surface area is 100 Å². The molecule has 0 aliphatic heterocycles. The maximum Gasteiger partial charge on any atom is 0.321 e. The van der Waals surface area contributed by atoms with E-state index in [-0.39, 0.29) is 6.04 Å². The second-order valence-corrected chi connectivity index (χ2v) is 4.29. The Morgan fingerprint density at radius 2 is 1.94 bits per heavy atom. The highest BCUT2D eigenvalue weighted by atomic mass is 19.3. The molecule has 1 aromatic carbocycles. The number of halogens is 2. The Morgan fingerprint density at radius 1 is 1.35 bits per heavy atom. The molecule has 0 radical (unpaired) electrons. The molecule has 0 aromatic heterocycles. The van der Waals surface area contributed by atoms with Crippen molar-refractivity contribution < 1.29 is 13.6 Å². The molecule has 1 rings (SSSR count). The Hall–Kier alpha value is -1.45. The average Bonchev–Trinajstić information content (AvgIpc) is 2.26. The van der Waals surface area contributed by atoms with Crippen molar-refractivity contribution in [2.75, 3.05) is 0 Å². The number of hydrogen-bond donors (Lipinski definition) is 1. The molecule has 1 N–H and O–H groups in total. The first-order valence-corrected chi connectivity index (χ1v) is 5.62. The van der Waals surface area contributed by atoms with Crippen LogP contribution >= 0.6 is 0 Å². The van der Waals surface area contributed by atoms with E-state index in [1.165, 1.54) is 0 Å². The van der Waals surface area contributed by atoms with Gasteiger partial charge in [0.1, 0.15) is 0 Å². The van der Waals surface area contributed by atoms with Gasteiger partial charge in [0.05, 0.1) is 0 Å². The van der Waals surface area contributed by atoms with Crippen LogP contribution in [0.15, 0.2) is 30.3 Å². The van der Waals surface area contributed by atoms with Crippen LogP contribution in [0.2, 0.25) is 0 Å². The van der Waals surface area contributed by atoms with Gasteiger partial charge in [-0.15, -0.1) is 0 Å². The summed E-state index contributed by atoms with van der Waals surface area (Å²) in [5.41, 5.74) is 1.14. The highest BCUT2D eigenvalue weighted by molar-refractivity contribution is 5.83. The first-order valence-electron chi connectivity index (χ1n) is 5.62. The van der Waals surface area contributed by atoms with E-state index >= 15 is 0 Å². The van der Waals surface area contributed by atoms with Crippen molar-refractivity contribution in [2.24, 2.45) is 0 Å². The Bertz CT molecular complexity index is 359. The van der Waals surface area contributed by atoms with Gasteiger partial charge in [0.15, 0.2) is 0 Å². The number of carbonyl (C=O) groups excluding carboxylic acids is 1. The van der Waals surface area contributed by atoms with Gasteiger partial charge >= 0.3 is 5.92 Å². The lowest BCUT2D eigenvalue weighted by Crippen LogP contribution is -2.42. The summed E-state index contributed by atoms with van der Waals surface area (Å²) in [6.07, 6.45) is 1.41. The van der Waals surface area contributed by atoms with E-state index in [0.29, 0.717) is 13.3 Å². The first kappa shape index (κ1) is 13.6. The smallest absolute Gasteiger partial charge is 0.321 e. The fraction of sp³-hybridized carbons (Fsp3) is 0.462. The van der Waals surface area contributed by atoms with E-state index in [2.05, 4.69) is 5.32 Å². The molecule has 0 saturated heterocycles. The van der Waals surface area contributed by atoms with E-state index in [1.54, 1.807) is 6.92 Å². The van der Waals surface area contributed by atoms with Crippen LogP contribution in [0.5, 0.6) is 0 Å². The van der Waals surface area contributed by atoms with E-state index in [0.717, 1.165) is 12.0 Å². The number of nitrogens with one attached hydrogen (secondary N) is 1. The van der Waals surface area contributed by atoms with Crippen LogP contribution in [0.4, 0.5) is 8.78 Å². The molecule has 0 fully saturated rings. The van der Waals surface area contributed by atoms with Gasteiger partial charge < -0.3 is 5.32 Å². The molecule has 17 heavy (non-hydrogen) atoms. The summed E-state index contributed by atoms with van der Waals surface area (Å²) in [5.74, 6) is -4.51. The third-order valence-corrected chi connectivity index (χ3v) is 2.49. The lowest BCUT2D eigenvalue weighted by Gasteiger charge is -2.16. The minimum absolute atomic E-state index is 0.256. The molecule has 0 aliphatic carbocycles. The zero-order chi connectivity index (χ0) is 12.9. The molecule has 0 bridgehead atoms. The van der Waals surface area contributed by atoms with E-state index in [4.69, 9.17) is 0 Å². The molecule has 0 heterocycles. The van der Waals surface area contributed by atoms with Crippen molar-refractivity contribution in [3.8, 4) is 0 Å². The summed E-state index contributed by atoms with van der Waals surface area (Å²) in [4.78, 5) is 11.0. The summed E-state index contributed by atoms with van der Waals surface area (Å²) in [6.45, 7) is 2.33. The van der Waals surface area contributed by atoms with Crippen molar-refractivity contribution in [1.82, 2.24) is 5.32 Å². The van der Waals surface area contributed by atoms with Crippen LogP contribution in [0, 0.1) is 0 Å². The molecule has 0 saturated carbocycles. The minimum Gasteiger partial charge on any atom is -0.348 e. The predicted octanol–water partition coefficient (Wildman–Crippen LogP) is 2.78. The van der Waals surface area contributed by atoms with Gasteiger partial charge in [-0.2, -0.15) is 8.78 Å². The topological polar surface area (TPSA) is 29.1 Å². The second-order valence-electron chi connectivity index (χ2n) is 4.29. The van der Waals surface area contributed by atoms with Crippen molar-refractivity contribution >= 4 is 5.91 Å².